The number of carbonyl (C=O) groups excluding carboxylic acids is 2. The van der Waals surface area contributed by atoms with Crippen molar-refractivity contribution in [2.45, 2.75) is 18.2 Å². The molecular weight excluding hydrogens is 479 g/mol. The molecule has 0 bridgehead atoms. The quantitative estimate of drug-likeness (QED) is 0.328. The second kappa shape index (κ2) is 10.8. The van der Waals surface area contributed by atoms with Gasteiger partial charge < -0.3 is 10.1 Å². The van der Waals surface area contributed by atoms with E-state index in [4.69, 9.17) is 27.9 Å². The van der Waals surface area contributed by atoms with Crippen LogP contribution in [0.25, 0.3) is 0 Å². The van der Waals surface area contributed by atoms with E-state index in [2.05, 4.69) is 20.8 Å². The van der Waals surface area contributed by atoms with Crippen LogP contribution in [0.3, 0.4) is 0 Å². The molecule has 0 aliphatic carbocycles. The minimum Gasteiger partial charge on any atom is -0.482 e. The maximum Gasteiger partial charge on any atom is 0.264 e. The number of rotatable bonds is 8. The average molecular weight is 497 g/mol. The minimum atomic E-state index is -0.411. The van der Waals surface area contributed by atoms with Gasteiger partial charge in [0.05, 0.1) is 10.8 Å². The van der Waals surface area contributed by atoms with E-state index in [-0.39, 0.29) is 18.3 Å². The Labute approximate surface area is 197 Å². The molecule has 0 aliphatic heterocycles. The highest BCUT2D eigenvalue weighted by Crippen LogP contribution is 2.28. The fourth-order valence-electron chi connectivity index (χ4n) is 2.58. The predicted molar refractivity (Wildman–Crippen MR) is 126 cm³/mol. The molecule has 0 spiro atoms. The lowest BCUT2D eigenvalue weighted by Gasteiger charge is -2.07. The molecule has 162 valence electrons. The van der Waals surface area contributed by atoms with Gasteiger partial charge in [-0.3, -0.25) is 14.9 Å². The van der Waals surface area contributed by atoms with E-state index in [0.29, 0.717) is 25.3 Å². The van der Waals surface area contributed by atoms with Crippen molar-refractivity contribution in [2.75, 3.05) is 23.0 Å². The number of hydrogen-bond acceptors (Lipinski definition) is 7. The first-order valence-corrected chi connectivity index (χ1v) is 11.6. The Bertz CT molecular complexity index is 1090. The number of aryl methyl sites for hydroxylation is 2. The molecule has 0 unspecified atom stereocenters. The van der Waals surface area contributed by atoms with Gasteiger partial charge in [0.25, 0.3) is 5.91 Å². The lowest BCUT2D eigenvalue weighted by atomic mass is 10.1. The van der Waals surface area contributed by atoms with Crippen LogP contribution in [-0.4, -0.2) is 34.4 Å². The van der Waals surface area contributed by atoms with Crippen molar-refractivity contribution >= 4 is 68.9 Å². The summed E-state index contributed by atoms with van der Waals surface area (Å²) in [7, 11) is 0. The molecule has 11 heteroatoms. The second-order valence-corrected chi connectivity index (χ2v) is 9.54. The number of halogens is 2. The van der Waals surface area contributed by atoms with E-state index in [0.717, 1.165) is 16.8 Å². The van der Waals surface area contributed by atoms with Crippen LogP contribution in [0.1, 0.15) is 11.1 Å². The highest BCUT2D eigenvalue weighted by molar-refractivity contribution is 8.01. The molecule has 2 N–H and O–H groups in total. The Morgan fingerprint density at radius 3 is 2.48 bits per heavy atom. The number of aromatic nitrogens is 2. The summed E-state index contributed by atoms with van der Waals surface area (Å²) in [6, 6.07) is 10.6. The zero-order chi connectivity index (χ0) is 22.4. The van der Waals surface area contributed by atoms with Gasteiger partial charge in [-0.15, -0.1) is 10.2 Å². The summed E-state index contributed by atoms with van der Waals surface area (Å²) in [5, 5.41) is 14.5. The number of carbonyl (C=O) groups is 2. The molecule has 0 saturated heterocycles. The molecule has 3 rings (SSSR count). The van der Waals surface area contributed by atoms with Gasteiger partial charge in [0.15, 0.2) is 10.9 Å². The van der Waals surface area contributed by atoms with Crippen molar-refractivity contribution in [1.29, 1.82) is 0 Å². The van der Waals surface area contributed by atoms with E-state index in [1.807, 2.05) is 32.0 Å². The average Bonchev–Trinajstić information content (AvgIpc) is 3.12. The van der Waals surface area contributed by atoms with Gasteiger partial charge in [0, 0.05) is 10.7 Å². The van der Waals surface area contributed by atoms with Crippen molar-refractivity contribution < 1.29 is 14.3 Å². The van der Waals surface area contributed by atoms with Gasteiger partial charge in [-0.1, -0.05) is 52.4 Å². The van der Waals surface area contributed by atoms with Crippen molar-refractivity contribution in [2.24, 2.45) is 0 Å². The van der Waals surface area contributed by atoms with Crippen LogP contribution in [0, 0.1) is 13.8 Å². The van der Waals surface area contributed by atoms with Crippen molar-refractivity contribution in [3.8, 4) is 5.75 Å². The van der Waals surface area contributed by atoms with E-state index in [1.165, 1.54) is 29.2 Å². The van der Waals surface area contributed by atoms with Crippen LogP contribution in [0.15, 0.2) is 40.7 Å². The Kier molecular flexibility index (Phi) is 8.14. The third kappa shape index (κ3) is 7.39. The van der Waals surface area contributed by atoms with Crippen LogP contribution in [0.2, 0.25) is 10.0 Å². The first kappa shape index (κ1) is 23.3. The van der Waals surface area contributed by atoms with Crippen LogP contribution in [0.5, 0.6) is 5.75 Å². The standard InChI is InChI=1S/C20H18Cl2N4O3S2/c1-11-5-12(2)7-14(6-11)23-18(28)10-30-20-26-25-19(31-20)24-17(27)9-29-16-4-3-13(21)8-15(16)22/h3-8H,9-10H2,1-2H3,(H,23,28)(H,24,25,27). The van der Waals surface area contributed by atoms with Crippen molar-refractivity contribution in [1.82, 2.24) is 10.2 Å². The normalized spacial score (nSPS) is 10.6. The fourth-order valence-corrected chi connectivity index (χ4v) is 4.61. The molecule has 2 amide bonds. The summed E-state index contributed by atoms with van der Waals surface area (Å²) in [5.41, 5.74) is 2.92. The molecule has 2 aromatic carbocycles. The Hall–Kier alpha value is -2.33. The Morgan fingerprint density at radius 1 is 1.03 bits per heavy atom. The third-order valence-electron chi connectivity index (χ3n) is 3.74. The number of thioether (sulfide) groups is 1. The number of amides is 2. The summed E-state index contributed by atoms with van der Waals surface area (Å²) < 4.78 is 5.94. The zero-order valence-corrected chi connectivity index (χ0v) is 19.7. The number of benzene rings is 2. The summed E-state index contributed by atoms with van der Waals surface area (Å²) in [5.74, 6) is -0.0341. The maximum atomic E-state index is 12.2. The zero-order valence-electron chi connectivity index (χ0n) is 16.6. The molecule has 31 heavy (non-hydrogen) atoms. The molecule has 0 saturated carbocycles. The third-order valence-corrected chi connectivity index (χ3v) is 6.24. The van der Waals surface area contributed by atoms with E-state index < -0.39 is 5.91 Å². The summed E-state index contributed by atoms with van der Waals surface area (Å²) in [4.78, 5) is 24.2. The second-order valence-electron chi connectivity index (χ2n) is 6.50. The van der Waals surface area contributed by atoms with Gasteiger partial charge in [0.1, 0.15) is 5.75 Å². The Balaban J connectivity index is 1.45. The van der Waals surface area contributed by atoms with Crippen LogP contribution in [-0.2, 0) is 9.59 Å². The molecule has 1 heterocycles. The van der Waals surface area contributed by atoms with Gasteiger partial charge in [-0.2, -0.15) is 0 Å². The van der Waals surface area contributed by atoms with Gasteiger partial charge in [-0.05, 0) is 55.3 Å². The first-order valence-electron chi connectivity index (χ1n) is 9.00. The Morgan fingerprint density at radius 2 is 1.77 bits per heavy atom. The number of ether oxygens (including phenoxy) is 1. The number of nitrogens with one attached hydrogen (secondary N) is 2. The monoisotopic (exact) mass is 496 g/mol. The first-order chi connectivity index (χ1) is 14.8. The summed E-state index contributed by atoms with van der Waals surface area (Å²) in [6.07, 6.45) is 0. The molecule has 7 nitrogen and oxygen atoms in total. The number of nitrogens with zero attached hydrogens (tertiary/aromatic N) is 2. The highest BCUT2D eigenvalue weighted by atomic mass is 35.5. The molecule has 0 fully saturated rings. The number of anilines is 2. The highest BCUT2D eigenvalue weighted by Gasteiger charge is 2.12. The lowest BCUT2D eigenvalue weighted by molar-refractivity contribution is -0.118. The summed E-state index contributed by atoms with van der Waals surface area (Å²) in [6.45, 7) is 3.70. The van der Waals surface area contributed by atoms with Gasteiger partial charge in [0.2, 0.25) is 11.0 Å². The van der Waals surface area contributed by atoms with Crippen molar-refractivity contribution in [3.63, 3.8) is 0 Å². The SMILES string of the molecule is Cc1cc(C)cc(NC(=O)CSc2nnc(NC(=O)COc3ccc(Cl)cc3Cl)s2)c1. The molecular formula is C20H18Cl2N4O3S2. The molecule has 0 aliphatic rings. The van der Waals surface area contributed by atoms with Gasteiger partial charge in [-0.25, -0.2) is 0 Å². The molecule has 0 radical (unpaired) electrons. The topological polar surface area (TPSA) is 93.2 Å². The lowest BCUT2D eigenvalue weighted by Crippen LogP contribution is -2.20. The fraction of sp³-hybridized carbons (Fsp3) is 0.200. The largest absolute Gasteiger partial charge is 0.482 e. The predicted octanol–water partition coefficient (Wildman–Crippen LogP) is 5.21. The maximum absolute atomic E-state index is 12.2. The van der Waals surface area contributed by atoms with Crippen molar-refractivity contribution in [3.05, 3.63) is 57.6 Å². The van der Waals surface area contributed by atoms with E-state index >= 15 is 0 Å². The number of hydrogen-bond donors (Lipinski definition) is 2. The van der Waals surface area contributed by atoms with E-state index in [1.54, 1.807) is 12.1 Å². The van der Waals surface area contributed by atoms with Gasteiger partial charge >= 0.3 is 0 Å². The van der Waals surface area contributed by atoms with Crippen LogP contribution >= 0.6 is 46.3 Å². The van der Waals surface area contributed by atoms with Crippen LogP contribution < -0.4 is 15.4 Å². The molecule has 3 aromatic rings. The summed E-state index contributed by atoms with van der Waals surface area (Å²) >= 11 is 14.2. The molecule has 1 aromatic heterocycles. The van der Waals surface area contributed by atoms with E-state index in [9.17, 15) is 9.59 Å². The molecule has 0 atom stereocenters. The van der Waals surface area contributed by atoms with Crippen LogP contribution in [0.4, 0.5) is 10.8 Å². The minimum absolute atomic E-state index is 0.149. The smallest absolute Gasteiger partial charge is 0.264 e.